The fraction of sp³-hybridized carbons (Fsp3) is 0. The summed E-state index contributed by atoms with van der Waals surface area (Å²) in [5, 5.41) is 0. The van der Waals surface area contributed by atoms with Gasteiger partial charge in [-0.2, -0.15) is 9.59 Å². The van der Waals surface area contributed by atoms with Crippen molar-refractivity contribution >= 4 is 30.5 Å². The number of hydrogen-bond acceptors (Lipinski definition) is 3. The molecule has 26 valence electrons. The summed E-state index contributed by atoms with van der Waals surface area (Å²) in [6.07, 6.45) is 0.250. The first kappa shape index (κ1) is 8.90. The Kier molecular flexibility index (Phi) is 60.8. The van der Waals surface area contributed by atoms with Crippen molar-refractivity contribution in [1.82, 2.24) is 0 Å². The molecule has 0 radical (unpaired) electrons. The van der Waals surface area contributed by atoms with Gasteiger partial charge < -0.3 is 0 Å². The molecule has 0 saturated carbocycles. The van der Waals surface area contributed by atoms with E-state index in [0.717, 1.165) is 0 Å². The molecule has 4 heteroatoms. The maximum absolute atomic E-state index is 8.42. The Morgan fingerprint density at radius 3 is 1.20 bits per heavy atom. The van der Waals surface area contributed by atoms with Gasteiger partial charge in [-0.25, -0.2) is 0 Å². The van der Waals surface area contributed by atoms with Crippen LogP contribution in [0.1, 0.15) is 0 Å². The maximum atomic E-state index is 8.42. The molecule has 0 N–H and O–H groups in total. The van der Waals surface area contributed by atoms with Crippen molar-refractivity contribution < 1.29 is 12.4 Å². The molecule has 0 saturated heterocycles. The average molecular weight is 176 g/mol. The molecular formula is CHInO3. The summed E-state index contributed by atoms with van der Waals surface area (Å²) in [4.78, 5) is 16.2. The Hall–Kier alpha value is 0.0501. The van der Waals surface area contributed by atoms with E-state index in [4.69, 9.17) is 12.4 Å². The van der Waals surface area contributed by atoms with Crippen LogP contribution in [0.15, 0.2) is 0 Å². The zero-order valence-electron chi connectivity index (χ0n) is 2.43. The molecule has 0 amide bonds. The molecule has 0 unspecified atom stereocenters. The van der Waals surface area contributed by atoms with Gasteiger partial charge in [0.2, 0.25) is 0 Å². The van der Waals surface area contributed by atoms with Crippen LogP contribution in [0.2, 0.25) is 0 Å². The number of hydrogen-bond donors (Lipinski definition) is 0. The van der Waals surface area contributed by atoms with Crippen molar-refractivity contribution in [2.45, 2.75) is 0 Å². The van der Waals surface area contributed by atoms with E-state index >= 15 is 0 Å². The molecule has 0 fully saturated rings. The summed E-state index contributed by atoms with van der Waals surface area (Å²) in [5.74, 6) is 0. The summed E-state index contributed by atoms with van der Waals surface area (Å²) in [6.45, 7) is 0. The van der Waals surface area contributed by atoms with Crippen molar-refractivity contribution in [1.29, 1.82) is 0 Å². The summed E-state index contributed by atoms with van der Waals surface area (Å²) >= 11 is -0.1000. The molecule has 0 aliphatic heterocycles. The second-order valence-corrected chi connectivity index (χ2v) is 0.0833. The third-order valence-corrected chi connectivity index (χ3v) is 0. The van der Waals surface area contributed by atoms with Gasteiger partial charge in [-0.3, -0.25) is 0 Å². The van der Waals surface area contributed by atoms with Crippen molar-refractivity contribution in [3.63, 3.8) is 0 Å². The van der Waals surface area contributed by atoms with E-state index in [1.165, 1.54) is 0 Å². The van der Waals surface area contributed by atoms with Crippen molar-refractivity contribution in [2.75, 3.05) is 0 Å². The Morgan fingerprint density at radius 2 is 1.20 bits per heavy atom. The summed E-state index contributed by atoms with van der Waals surface area (Å²) in [6, 6.07) is 0. The van der Waals surface area contributed by atoms with Crippen LogP contribution in [-0.2, 0) is 12.4 Å². The van der Waals surface area contributed by atoms with E-state index in [1.807, 2.05) is 0 Å². The standard InChI is InChI=1S/CO2.In.O.H/c2-1-3;;;. The van der Waals surface area contributed by atoms with Gasteiger partial charge in [-0.15, -0.1) is 0 Å². The molecule has 3 nitrogen and oxygen atoms in total. The van der Waals surface area contributed by atoms with Crippen LogP contribution in [0.4, 0.5) is 0 Å². The first-order chi connectivity index (χ1) is 2.41. The average Bonchev–Trinajstić information content (AvgIpc) is 1.46. The minimum absolute atomic E-state index is 0.1000. The number of carbonyl (C=O) groups excluding carboxylic acids is 2. The van der Waals surface area contributed by atoms with Crippen LogP contribution in [0, 0.1) is 0 Å². The molecule has 0 spiro atoms. The van der Waals surface area contributed by atoms with Gasteiger partial charge in [-0.1, -0.05) is 0 Å². The van der Waals surface area contributed by atoms with Crippen LogP contribution >= 0.6 is 0 Å². The van der Waals surface area contributed by atoms with Crippen molar-refractivity contribution in [3.05, 3.63) is 0 Å². The van der Waals surface area contributed by atoms with E-state index < -0.39 is 0 Å². The van der Waals surface area contributed by atoms with Crippen LogP contribution in [-0.4, -0.2) is 30.5 Å². The first-order valence-corrected chi connectivity index (χ1v) is 2.34. The fourth-order valence-electron chi connectivity index (χ4n) is 0. The molecule has 0 aliphatic carbocycles. The van der Waals surface area contributed by atoms with Crippen LogP contribution in [0.5, 0.6) is 0 Å². The zero-order valence-corrected chi connectivity index (χ0v) is 6.47. The van der Waals surface area contributed by atoms with E-state index in [9.17, 15) is 0 Å². The minimum atomic E-state index is -0.1000. The monoisotopic (exact) mass is 176 g/mol. The topological polar surface area (TPSA) is 51.2 Å². The Balaban J connectivity index is 0. The Labute approximate surface area is 43.4 Å². The number of rotatable bonds is 0. The zero-order chi connectivity index (χ0) is 4.71. The second kappa shape index (κ2) is 34.2. The van der Waals surface area contributed by atoms with Gasteiger partial charge in [0.15, 0.2) is 0 Å². The second-order valence-electron chi connectivity index (χ2n) is 0.0833. The van der Waals surface area contributed by atoms with E-state index in [-0.39, 0.29) is 30.5 Å². The van der Waals surface area contributed by atoms with Gasteiger partial charge in [0.25, 0.3) is 0 Å². The Bertz CT molecular complexity index is 36.2. The fourth-order valence-corrected chi connectivity index (χ4v) is 0. The van der Waals surface area contributed by atoms with E-state index in [0.29, 0.717) is 0 Å². The normalized spacial score (nSPS) is 2.20. The van der Waals surface area contributed by atoms with E-state index in [1.54, 1.807) is 0 Å². The van der Waals surface area contributed by atoms with Crippen LogP contribution in [0.3, 0.4) is 0 Å². The molecule has 0 bridgehead atoms. The molecule has 0 aromatic heterocycles. The molecule has 0 rings (SSSR count). The van der Waals surface area contributed by atoms with Crippen LogP contribution < -0.4 is 0 Å². The van der Waals surface area contributed by atoms with Gasteiger partial charge in [-0.05, 0) is 0 Å². The molecule has 0 atom stereocenters. The van der Waals surface area contributed by atoms with Crippen molar-refractivity contribution in [3.8, 4) is 0 Å². The predicted molar refractivity (Wildman–Crippen MR) is 12.8 cm³/mol. The SMILES string of the molecule is O=C=O.[O]=[InH]. The summed E-state index contributed by atoms with van der Waals surface area (Å²) < 4.78 is 8.42. The quantitative estimate of drug-likeness (QED) is 0.458. The van der Waals surface area contributed by atoms with Gasteiger partial charge in [0.1, 0.15) is 0 Å². The van der Waals surface area contributed by atoms with E-state index in [2.05, 4.69) is 0 Å². The van der Waals surface area contributed by atoms with Crippen molar-refractivity contribution in [2.24, 2.45) is 0 Å². The Morgan fingerprint density at radius 1 is 1.20 bits per heavy atom. The first-order valence-electron chi connectivity index (χ1n) is 0.697. The van der Waals surface area contributed by atoms with Gasteiger partial charge in [0.05, 0.1) is 0 Å². The molecule has 5 heavy (non-hydrogen) atoms. The molecular weight excluding hydrogens is 175 g/mol. The summed E-state index contributed by atoms with van der Waals surface area (Å²) in [5.41, 5.74) is 0. The van der Waals surface area contributed by atoms with Gasteiger partial charge >= 0.3 is 33.4 Å². The van der Waals surface area contributed by atoms with Crippen LogP contribution in [0.25, 0.3) is 0 Å². The third-order valence-electron chi connectivity index (χ3n) is 0. The molecule has 0 aliphatic rings. The third kappa shape index (κ3) is 6770. The molecule has 0 aromatic carbocycles. The molecule has 0 aromatic rings. The van der Waals surface area contributed by atoms with Gasteiger partial charge in [0, 0.05) is 0 Å². The predicted octanol–water partition coefficient (Wildman–Crippen LogP) is -1.35. The molecule has 0 heterocycles. The summed E-state index contributed by atoms with van der Waals surface area (Å²) in [7, 11) is 0.